The molecule has 0 saturated heterocycles. The average Bonchev–Trinajstić information content (AvgIpc) is 2.98. The Bertz CT molecular complexity index is 613. The van der Waals surface area contributed by atoms with E-state index in [9.17, 15) is 0 Å². The van der Waals surface area contributed by atoms with Gasteiger partial charge in [0, 0.05) is 10.4 Å². The van der Waals surface area contributed by atoms with Crippen LogP contribution in [0.5, 0.6) is 5.75 Å². The highest BCUT2D eigenvalue weighted by Crippen LogP contribution is 2.37. The molecule has 0 radical (unpaired) electrons. The molecule has 0 aliphatic carbocycles. The lowest BCUT2D eigenvalue weighted by Crippen LogP contribution is -1.85. The van der Waals surface area contributed by atoms with E-state index in [1.54, 1.807) is 29.8 Å². The third-order valence-corrected chi connectivity index (χ3v) is 4.22. The molecular formula is C12H9NOS2. The van der Waals surface area contributed by atoms with Gasteiger partial charge in [0.2, 0.25) is 0 Å². The first-order chi connectivity index (χ1) is 7.90. The van der Waals surface area contributed by atoms with Gasteiger partial charge < -0.3 is 4.74 Å². The lowest BCUT2D eigenvalue weighted by molar-refractivity contribution is 0.419. The molecule has 0 fully saturated rings. The van der Waals surface area contributed by atoms with Crippen molar-refractivity contribution in [2.24, 2.45) is 0 Å². The van der Waals surface area contributed by atoms with Gasteiger partial charge in [-0.2, -0.15) is 0 Å². The van der Waals surface area contributed by atoms with Crippen LogP contribution in [-0.4, -0.2) is 12.1 Å². The van der Waals surface area contributed by atoms with Crippen LogP contribution in [-0.2, 0) is 0 Å². The summed E-state index contributed by atoms with van der Waals surface area (Å²) in [4.78, 5) is 5.63. The standard InChI is InChI=1S/C12H9NOS2/c1-14-9-5-4-8(10-3-2-6-15-10)12-11(9)13-7-16-12/h2-7H,1H3. The molecule has 0 aliphatic heterocycles. The van der Waals surface area contributed by atoms with Gasteiger partial charge in [0.15, 0.2) is 0 Å². The van der Waals surface area contributed by atoms with E-state index in [4.69, 9.17) is 4.74 Å². The van der Waals surface area contributed by atoms with E-state index in [-0.39, 0.29) is 0 Å². The summed E-state index contributed by atoms with van der Waals surface area (Å²) in [6, 6.07) is 8.28. The van der Waals surface area contributed by atoms with Crippen LogP contribution in [0.4, 0.5) is 0 Å². The van der Waals surface area contributed by atoms with Gasteiger partial charge in [0.05, 0.1) is 17.3 Å². The van der Waals surface area contributed by atoms with E-state index in [0.29, 0.717) is 0 Å². The summed E-state index contributed by atoms with van der Waals surface area (Å²) >= 11 is 3.40. The minimum absolute atomic E-state index is 0.844. The SMILES string of the molecule is COc1ccc(-c2cccs2)c2scnc12. The zero-order chi connectivity index (χ0) is 11.0. The largest absolute Gasteiger partial charge is 0.494 e. The van der Waals surface area contributed by atoms with Gasteiger partial charge in [-0.1, -0.05) is 6.07 Å². The molecule has 2 nitrogen and oxygen atoms in total. The maximum atomic E-state index is 5.31. The molecule has 1 aromatic carbocycles. The van der Waals surface area contributed by atoms with Gasteiger partial charge in [-0.3, -0.25) is 0 Å². The number of nitrogens with zero attached hydrogens (tertiary/aromatic N) is 1. The number of fused-ring (bicyclic) bond motifs is 1. The normalized spacial score (nSPS) is 10.8. The number of thiazole rings is 1. The predicted molar refractivity (Wildman–Crippen MR) is 69.5 cm³/mol. The van der Waals surface area contributed by atoms with Crippen LogP contribution in [0, 0.1) is 0 Å². The van der Waals surface area contributed by atoms with Gasteiger partial charge in [0.25, 0.3) is 0 Å². The summed E-state index contributed by atoms with van der Waals surface area (Å²) in [6.07, 6.45) is 0. The van der Waals surface area contributed by atoms with Crippen molar-refractivity contribution in [3.8, 4) is 16.2 Å². The molecule has 4 heteroatoms. The Kier molecular flexibility index (Phi) is 2.38. The Morgan fingerprint density at radius 1 is 1.19 bits per heavy atom. The second-order valence-electron chi connectivity index (χ2n) is 3.32. The van der Waals surface area contributed by atoms with Gasteiger partial charge in [-0.25, -0.2) is 4.98 Å². The molecule has 0 amide bonds. The molecule has 2 aromatic heterocycles. The van der Waals surface area contributed by atoms with E-state index in [0.717, 1.165) is 11.3 Å². The van der Waals surface area contributed by atoms with Crippen molar-refractivity contribution in [3.05, 3.63) is 35.2 Å². The first-order valence-corrected chi connectivity index (χ1v) is 6.60. The fraction of sp³-hybridized carbons (Fsp3) is 0.0833. The fourth-order valence-corrected chi connectivity index (χ4v) is 3.37. The summed E-state index contributed by atoms with van der Waals surface area (Å²) in [5, 5.41) is 2.09. The van der Waals surface area contributed by atoms with Crippen LogP contribution < -0.4 is 4.74 Å². The molecule has 80 valence electrons. The Morgan fingerprint density at radius 2 is 2.12 bits per heavy atom. The number of benzene rings is 1. The number of aromatic nitrogens is 1. The second kappa shape index (κ2) is 3.88. The van der Waals surface area contributed by atoms with Gasteiger partial charge >= 0.3 is 0 Å². The van der Waals surface area contributed by atoms with E-state index in [1.165, 1.54) is 15.1 Å². The summed E-state index contributed by atoms with van der Waals surface area (Å²) in [7, 11) is 1.68. The first kappa shape index (κ1) is 9.81. The van der Waals surface area contributed by atoms with Gasteiger partial charge in [0.1, 0.15) is 11.3 Å². The highest BCUT2D eigenvalue weighted by atomic mass is 32.1. The first-order valence-electron chi connectivity index (χ1n) is 4.84. The number of rotatable bonds is 2. The maximum Gasteiger partial charge on any atom is 0.146 e. The second-order valence-corrected chi connectivity index (χ2v) is 5.13. The van der Waals surface area contributed by atoms with Crippen molar-refractivity contribution in [3.63, 3.8) is 0 Å². The molecule has 0 spiro atoms. The smallest absolute Gasteiger partial charge is 0.146 e. The Balaban J connectivity index is 2.31. The van der Waals surface area contributed by atoms with E-state index < -0.39 is 0 Å². The van der Waals surface area contributed by atoms with E-state index in [1.807, 2.05) is 11.6 Å². The molecule has 0 bridgehead atoms. The molecular weight excluding hydrogens is 238 g/mol. The molecule has 0 N–H and O–H groups in total. The number of hydrogen-bond acceptors (Lipinski definition) is 4. The number of hydrogen-bond donors (Lipinski definition) is 0. The van der Waals surface area contributed by atoms with Crippen LogP contribution in [0.3, 0.4) is 0 Å². The van der Waals surface area contributed by atoms with Crippen LogP contribution in [0.25, 0.3) is 20.7 Å². The van der Waals surface area contributed by atoms with Crippen LogP contribution >= 0.6 is 22.7 Å². The van der Waals surface area contributed by atoms with Crippen molar-refractivity contribution in [1.82, 2.24) is 4.98 Å². The van der Waals surface area contributed by atoms with Crippen molar-refractivity contribution in [1.29, 1.82) is 0 Å². The Hall–Kier alpha value is -1.39. The quantitative estimate of drug-likeness (QED) is 0.682. The van der Waals surface area contributed by atoms with Crippen molar-refractivity contribution in [2.75, 3.05) is 7.11 Å². The third kappa shape index (κ3) is 1.42. The summed E-state index contributed by atoms with van der Waals surface area (Å²) in [5.41, 5.74) is 4.07. The Morgan fingerprint density at radius 3 is 2.88 bits per heavy atom. The van der Waals surface area contributed by atoms with Crippen molar-refractivity contribution >= 4 is 32.9 Å². The summed E-state index contributed by atoms with van der Waals surface area (Å²) < 4.78 is 6.50. The van der Waals surface area contributed by atoms with Gasteiger partial charge in [-0.05, 0) is 23.6 Å². The Labute approximate surface area is 101 Å². The number of methoxy groups -OCH3 is 1. The van der Waals surface area contributed by atoms with Crippen LogP contribution in [0.15, 0.2) is 35.2 Å². The lowest BCUT2D eigenvalue weighted by Gasteiger charge is -2.04. The minimum Gasteiger partial charge on any atom is -0.494 e. The predicted octanol–water partition coefficient (Wildman–Crippen LogP) is 4.03. The molecule has 0 atom stereocenters. The highest BCUT2D eigenvalue weighted by Gasteiger charge is 2.10. The zero-order valence-electron chi connectivity index (χ0n) is 8.64. The van der Waals surface area contributed by atoms with Crippen LogP contribution in [0.2, 0.25) is 0 Å². The number of thiophene rings is 1. The topological polar surface area (TPSA) is 22.1 Å². The fourth-order valence-electron chi connectivity index (χ4n) is 1.72. The summed E-state index contributed by atoms with van der Waals surface area (Å²) in [5.74, 6) is 0.844. The molecule has 3 aromatic rings. The summed E-state index contributed by atoms with van der Waals surface area (Å²) in [6.45, 7) is 0. The lowest BCUT2D eigenvalue weighted by atomic mass is 10.1. The maximum absolute atomic E-state index is 5.31. The molecule has 3 rings (SSSR count). The van der Waals surface area contributed by atoms with Gasteiger partial charge in [-0.15, -0.1) is 22.7 Å². The third-order valence-electron chi connectivity index (χ3n) is 2.45. The molecule has 0 unspecified atom stereocenters. The average molecular weight is 247 g/mol. The molecule has 2 heterocycles. The number of ether oxygens (including phenoxy) is 1. The highest BCUT2D eigenvalue weighted by molar-refractivity contribution is 7.18. The molecule has 0 saturated carbocycles. The zero-order valence-corrected chi connectivity index (χ0v) is 10.3. The van der Waals surface area contributed by atoms with E-state index >= 15 is 0 Å². The molecule has 16 heavy (non-hydrogen) atoms. The van der Waals surface area contributed by atoms with Crippen LogP contribution in [0.1, 0.15) is 0 Å². The van der Waals surface area contributed by atoms with E-state index in [2.05, 4.69) is 28.6 Å². The van der Waals surface area contributed by atoms with Crippen molar-refractivity contribution in [2.45, 2.75) is 0 Å². The monoisotopic (exact) mass is 247 g/mol. The minimum atomic E-state index is 0.844. The van der Waals surface area contributed by atoms with Crippen molar-refractivity contribution < 1.29 is 4.74 Å². The molecule has 0 aliphatic rings.